The fraction of sp³-hybridized carbons (Fsp3) is 0.417. The molecular weight excluding hydrogens is 204 g/mol. The minimum Gasteiger partial charge on any atom is -0.478 e. The van der Waals surface area contributed by atoms with E-state index in [1.54, 1.807) is 18.2 Å². The van der Waals surface area contributed by atoms with Gasteiger partial charge in [-0.25, -0.2) is 4.79 Å². The lowest BCUT2D eigenvalue weighted by Gasteiger charge is -2.08. The molecule has 0 saturated heterocycles. The summed E-state index contributed by atoms with van der Waals surface area (Å²) in [6.45, 7) is 3.00. The second kappa shape index (κ2) is 6.00. The summed E-state index contributed by atoms with van der Waals surface area (Å²) in [5, 5.41) is 12.1. The zero-order chi connectivity index (χ0) is 12.0. The van der Waals surface area contributed by atoms with Gasteiger partial charge in [-0.3, -0.25) is 0 Å². The zero-order valence-corrected chi connectivity index (χ0v) is 9.49. The van der Waals surface area contributed by atoms with Crippen molar-refractivity contribution in [2.75, 3.05) is 17.6 Å². The van der Waals surface area contributed by atoms with Crippen molar-refractivity contribution in [3.8, 4) is 0 Å². The van der Waals surface area contributed by atoms with Crippen molar-refractivity contribution in [3.63, 3.8) is 0 Å². The molecule has 0 unspecified atom stereocenters. The summed E-state index contributed by atoms with van der Waals surface area (Å²) in [5.41, 5.74) is 6.82. The standard InChI is InChI=1S/C12H18N2O2/c1-2-3-4-7-14-9-5-6-11(13)10(8-9)12(15)16/h5-6,8,14H,2-4,7,13H2,1H3,(H,15,16). The highest BCUT2D eigenvalue weighted by Crippen LogP contribution is 2.17. The largest absolute Gasteiger partial charge is 0.478 e. The van der Waals surface area contributed by atoms with Gasteiger partial charge in [-0.15, -0.1) is 0 Å². The fourth-order valence-electron chi connectivity index (χ4n) is 1.46. The summed E-state index contributed by atoms with van der Waals surface area (Å²) in [6.07, 6.45) is 3.43. The Morgan fingerprint density at radius 3 is 2.81 bits per heavy atom. The van der Waals surface area contributed by atoms with E-state index in [1.807, 2.05) is 0 Å². The highest BCUT2D eigenvalue weighted by Gasteiger charge is 2.07. The molecule has 88 valence electrons. The molecule has 0 atom stereocenters. The van der Waals surface area contributed by atoms with Crippen molar-refractivity contribution in [2.45, 2.75) is 26.2 Å². The molecule has 0 spiro atoms. The number of aromatic carboxylic acids is 1. The first-order chi connectivity index (χ1) is 7.65. The number of hydrogen-bond donors (Lipinski definition) is 3. The van der Waals surface area contributed by atoms with E-state index in [1.165, 1.54) is 12.8 Å². The van der Waals surface area contributed by atoms with E-state index in [9.17, 15) is 4.79 Å². The lowest BCUT2D eigenvalue weighted by Crippen LogP contribution is -2.06. The molecule has 0 aliphatic heterocycles. The van der Waals surface area contributed by atoms with Gasteiger partial charge in [-0.1, -0.05) is 19.8 Å². The number of nitrogen functional groups attached to an aromatic ring is 1. The first-order valence-electron chi connectivity index (χ1n) is 5.52. The van der Waals surface area contributed by atoms with Gasteiger partial charge >= 0.3 is 5.97 Å². The molecule has 0 bridgehead atoms. The van der Waals surface area contributed by atoms with Crippen LogP contribution in [0.1, 0.15) is 36.5 Å². The van der Waals surface area contributed by atoms with Crippen LogP contribution in [0.3, 0.4) is 0 Å². The molecule has 4 heteroatoms. The Bertz CT molecular complexity index is 364. The molecule has 1 aromatic rings. The molecule has 0 aliphatic carbocycles. The van der Waals surface area contributed by atoms with Gasteiger partial charge in [0.05, 0.1) is 5.56 Å². The van der Waals surface area contributed by atoms with Crippen molar-refractivity contribution in [1.29, 1.82) is 0 Å². The lowest BCUT2D eigenvalue weighted by molar-refractivity contribution is 0.0698. The predicted octanol–water partition coefficient (Wildman–Crippen LogP) is 2.57. The Morgan fingerprint density at radius 2 is 2.19 bits per heavy atom. The van der Waals surface area contributed by atoms with Crippen LogP contribution in [0.15, 0.2) is 18.2 Å². The van der Waals surface area contributed by atoms with Crippen LogP contribution in [-0.4, -0.2) is 17.6 Å². The van der Waals surface area contributed by atoms with Gasteiger partial charge in [0.25, 0.3) is 0 Å². The van der Waals surface area contributed by atoms with Crippen LogP contribution in [-0.2, 0) is 0 Å². The van der Waals surface area contributed by atoms with Gasteiger partial charge in [-0.2, -0.15) is 0 Å². The normalized spacial score (nSPS) is 10.1. The average Bonchev–Trinajstić information content (AvgIpc) is 2.26. The molecule has 0 aromatic heterocycles. The minimum absolute atomic E-state index is 0.153. The number of rotatable bonds is 6. The summed E-state index contributed by atoms with van der Waals surface area (Å²) in [6, 6.07) is 4.99. The molecular formula is C12H18N2O2. The molecule has 4 N–H and O–H groups in total. The smallest absolute Gasteiger partial charge is 0.337 e. The van der Waals surface area contributed by atoms with Crippen molar-refractivity contribution in [1.82, 2.24) is 0 Å². The highest BCUT2D eigenvalue weighted by molar-refractivity contribution is 5.94. The van der Waals surface area contributed by atoms with Crippen LogP contribution in [0.5, 0.6) is 0 Å². The van der Waals surface area contributed by atoms with E-state index >= 15 is 0 Å². The van der Waals surface area contributed by atoms with Crippen molar-refractivity contribution in [2.24, 2.45) is 0 Å². The van der Waals surface area contributed by atoms with Gasteiger partial charge in [0.2, 0.25) is 0 Å². The molecule has 1 rings (SSSR count). The van der Waals surface area contributed by atoms with Gasteiger partial charge in [0.1, 0.15) is 0 Å². The maximum atomic E-state index is 10.8. The van der Waals surface area contributed by atoms with Gasteiger partial charge in [0.15, 0.2) is 0 Å². The SMILES string of the molecule is CCCCCNc1ccc(N)c(C(=O)O)c1. The van der Waals surface area contributed by atoms with E-state index in [0.29, 0.717) is 5.69 Å². The third kappa shape index (κ3) is 3.46. The van der Waals surface area contributed by atoms with Crippen LogP contribution in [0.2, 0.25) is 0 Å². The Balaban J connectivity index is 2.61. The number of carboxylic acid groups (broad SMARTS) is 1. The van der Waals surface area contributed by atoms with Gasteiger partial charge < -0.3 is 16.2 Å². The van der Waals surface area contributed by atoms with Crippen molar-refractivity contribution in [3.05, 3.63) is 23.8 Å². The number of anilines is 2. The van der Waals surface area contributed by atoms with Gasteiger partial charge in [0, 0.05) is 17.9 Å². The van der Waals surface area contributed by atoms with Crippen LogP contribution in [0.4, 0.5) is 11.4 Å². The maximum absolute atomic E-state index is 10.8. The predicted molar refractivity (Wildman–Crippen MR) is 65.8 cm³/mol. The summed E-state index contributed by atoms with van der Waals surface area (Å²) in [5.74, 6) is -0.991. The number of benzene rings is 1. The third-order valence-corrected chi connectivity index (χ3v) is 2.39. The van der Waals surface area contributed by atoms with Crippen molar-refractivity contribution < 1.29 is 9.90 Å². The quantitative estimate of drug-likeness (QED) is 0.510. The Kier molecular flexibility index (Phi) is 4.64. The Morgan fingerprint density at radius 1 is 1.44 bits per heavy atom. The van der Waals surface area contributed by atoms with Crippen LogP contribution in [0, 0.1) is 0 Å². The monoisotopic (exact) mass is 222 g/mol. The van der Waals surface area contributed by atoms with Crippen LogP contribution < -0.4 is 11.1 Å². The molecule has 16 heavy (non-hydrogen) atoms. The summed E-state index contributed by atoms with van der Waals surface area (Å²) in [4.78, 5) is 10.8. The molecule has 0 saturated carbocycles. The number of carboxylic acids is 1. The van der Waals surface area contributed by atoms with Crippen LogP contribution >= 0.6 is 0 Å². The average molecular weight is 222 g/mol. The lowest BCUT2D eigenvalue weighted by atomic mass is 10.1. The number of nitrogens with two attached hydrogens (primary N) is 1. The van der Waals surface area contributed by atoms with E-state index in [-0.39, 0.29) is 5.56 Å². The Hall–Kier alpha value is -1.71. The summed E-state index contributed by atoms with van der Waals surface area (Å²) < 4.78 is 0. The molecule has 0 amide bonds. The second-order valence-corrected chi connectivity index (χ2v) is 3.74. The van der Waals surface area contributed by atoms with Crippen LogP contribution in [0.25, 0.3) is 0 Å². The zero-order valence-electron chi connectivity index (χ0n) is 9.49. The van der Waals surface area contributed by atoms with Crippen molar-refractivity contribution >= 4 is 17.3 Å². The molecule has 1 aromatic carbocycles. The molecule has 0 aliphatic rings. The molecule has 0 fully saturated rings. The molecule has 0 radical (unpaired) electrons. The fourth-order valence-corrected chi connectivity index (χ4v) is 1.46. The number of unbranched alkanes of at least 4 members (excludes halogenated alkanes) is 2. The first kappa shape index (κ1) is 12.4. The number of nitrogens with one attached hydrogen (secondary N) is 1. The van der Waals surface area contributed by atoms with E-state index in [2.05, 4.69) is 12.2 Å². The number of carbonyl (C=O) groups is 1. The summed E-state index contributed by atoms with van der Waals surface area (Å²) in [7, 11) is 0. The summed E-state index contributed by atoms with van der Waals surface area (Å²) >= 11 is 0. The van der Waals surface area contributed by atoms with E-state index in [4.69, 9.17) is 10.8 Å². The van der Waals surface area contributed by atoms with E-state index < -0.39 is 5.97 Å². The molecule has 4 nitrogen and oxygen atoms in total. The van der Waals surface area contributed by atoms with Gasteiger partial charge in [-0.05, 0) is 24.6 Å². The minimum atomic E-state index is -0.991. The maximum Gasteiger partial charge on any atom is 0.337 e. The topological polar surface area (TPSA) is 75.3 Å². The molecule has 0 heterocycles. The Labute approximate surface area is 95.5 Å². The second-order valence-electron chi connectivity index (χ2n) is 3.74. The third-order valence-electron chi connectivity index (χ3n) is 2.39. The number of hydrogen-bond acceptors (Lipinski definition) is 3. The first-order valence-corrected chi connectivity index (χ1v) is 5.52. The van der Waals surface area contributed by atoms with E-state index in [0.717, 1.165) is 18.7 Å². The highest BCUT2D eigenvalue weighted by atomic mass is 16.4.